The van der Waals surface area contributed by atoms with E-state index in [4.69, 9.17) is 4.74 Å². The molecule has 0 radical (unpaired) electrons. The van der Waals surface area contributed by atoms with Crippen LogP contribution in [0, 0.1) is 0 Å². The van der Waals surface area contributed by atoms with E-state index in [0.717, 1.165) is 44.9 Å². The number of rotatable bonds is 65. The molecule has 446 valence electrons. The molecular weight excluding hydrogens is 923 g/mol. The van der Waals surface area contributed by atoms with Gasteiger partial charge in [-0.05, 0) is 51.4 Å². The molecule has 3 N–H and O–H groups in total. The quantitative estimate of drug-likeness (QED) is 0.0320. The largest absolute Gasteiger partial charge is 0.466 e. The first kappa shape index (κ1) is 73.6. The number of esters is 1. The predicted octanol–water partition coefficient (Wildman–Crippen LogP) is 22.0. The van der Waals surface area contributed by atoms with Gasteiger partial charge in [0, 0.05) is 12.8 Å². The van der Waals surface area contributed by atoms with Crippen molar-refractivity contribution >= 4 is 11.9 Å². The number of aliphatic hydroxyl groups excluding tert-OH is 2. The molecule has 0 bridgehead atoms. The number of unbranched alkanes of at least 4 members (excludes halogenated alkanes) is 52. The average Bonchev–Trinajstić information content (AvgIpc) is 3.41. The lowest BCUT2D eigenvalue weighted by atomic mass is 10.0. The minimum Gasteiger partial charge on any atom is -0.466 e. The number of hydrogen-bond donors (Lipinski definition) is 3. The topological polar surface area (TPSA) is 95.9 Å². The minimum absolute atomic E-state index is 0.0101. The summed E-state index contributed by atoms with van der Waals surface area (Å²) in [6, 6.07) is -0.538. The zero-order valence-corrected chi connectivity index (χ0v) is 51.1. The number of carbonyl (C=O) groups is 2. The van der Waals surface area contributed by atoms with Gasteiger partial charge in [0.05, 0.1) is 25.4 Å². The van der Waals surface area contributed by atoms with E-state index in [9.17, 15) is 19.8 Å². The molecule has 0 aliphatic heterocycles. The second-order valence-corrected chi connectivity index (χ2v) is 23.9. The van der Waals surface area contributed by atoms with Crippen LogP contribution in [0.3, 0.4) is 0 Å². The van der Waals surface area contributed by atoms with Gasteiger partial charge in [-0.25, -0.2) is 0 Å². The fourth-order valence-electron chi connectivity index (χ4n) is 11.1. The Labute approximate surface area is 469 Å². The maximum atomic E-state index is 12.5. The number of nitrogens with one attached hydrogen (secondary N) is 1. The summed E-state index contributed by atoms with van der Waals surface area (Å²) in [7, 11) is 0. The number of allylic oxidation sites excluding steroid dienone is 2. The van der Waals surface area contributed by atoms with E-state index >= 15 is 0 Å². The number of amides is 1. The molecule has 0 rings (SSSR count). The fraction of sp³-hybridized carbons (Fsp3) is 0.942. The van der Waals surface area contributed by atoms with Crippen molar-refractivity contribution in [2.45, 2.75) is 405 Å². The molecule has 6 nitrogen and oxygen atoms in total. The van der Waals surface area contributed by atoms with Crippen LogP contribution in [-0.4, -0.2) is 47.4 Å². The van der Waals surface area contributed by atoms with E-state index < -0.39 is 12.1 Å². The summed E-state index contributed by atoms with van der Waals surface area (Å²) < 4.78 is 5.47. The maximum absolute atomic E-state index is 12.5. The number of hydrogen-bond acceptors (Lipinski definition) is 5. The molecule has 0 aromatic rings. The van der Waals surface area contributed by atoms with Crippen LogP contribution in [0.25, 0.3) is 0 Å². The molecular formula is C69H135NO5. The third-order valence-corrected chi connectivity index (χ3v) is 16.3. The molecule has 2 atom stereocenters. The number of ether oxygens (including phenoxy) is 1. The Morgan fingerprint density at radius 1 is 0.360 bits per heavy atom. The van der Waals surface area contributed by atoms with Crippen molar-refractivity contribution in [3.05, 3.63) is 12.2 Å². The van der Waals surface area contributed by atoms with Gasteiger partial charge < -0.3 is 20.3 Å². The van der Waals surface area contributed by atoms with Crippen LogP contribution in [0.15, 0.2) is 12.2 Å². The van der Waals surface area contributed by atoms with Crippen LogP contribution < -0.4 is 5.32 Å². The second-order valence-electron chi connectivity index (χ2n) is 23.9. The van der Waals surface area contributed by atoms with Gasteiger partial charge in [0.15, 0.2) is 0 Å². The van der Waals surface area contributed by atoms with Crippen molar-refractivity contribution < 1.29 is 24.5 Å². The van der Waals surface area contributed by atoms with E-state index in [1.807, 2.05) is 0 Å². The van der Waals surface area contributed by atoms with Crippen LogP contribution >= 0.6 is 0 Å². The van der Waals surface area contributed by atoms with Gasteiger partial charge >= 0.3 is 5.97 Å². The Morgan fingerprint density at radius 3 is 0.973 bits per heavy atom. The zero-order valence-electron chi connectivity index (χ0n) is 51.1. The Balaban J connectivity index is 3.33. The van der Waals surface area contributed by atoms with Crippen molar-refractivity contribution in [3.63, 3.8) is 0 Å². The van der Waals surface area contributed by atoms with Crippen LogP contribution in [0.4, 0.5) is 0 Å². The van der Waals surface area contributed by atoms with E-state index in [1.165, 1.54) is 315 Å². The van der Waals surface area contributed by atoms with Crippen molar-refractivity contribution in [1.82, 2.24) is 5.32 Å². The standard InChI is InChI=1S/C69H135NO5/c1-3-5-7-9-11-13-15-17-18-32-35-38-41-45-49-53-57-61-67(72)66(65-71)70-68(73)62-58-54-50-46-42-39-36-33-30-28-26-24-22-20-19-21-23-25-27-29-31-34-37-40-44-48-52-56-60-64-75-69(74)63-59-55-51-47-43-16-14-12-10-8-6-4-2/h12,14,66-67,71-72H,3-11,13,15-65H2,1-2H3,(H,70,73)/b14-12-. The third kappa shape index (κ3) is 61.7. The lowest BCUT2D eigenvalue weighted by Gasteiger charge is -2.22. The Kier molecular flexibility index (Phi) is 63.9. The normalized spacial score (nSPS) is 12.5. The van der Waals surface area contributed by atoms with E-state index in [-0.39, 0.29) is 18.5 Å². The predicted molar refractivity (Wildman–Crippen MR) is 329 cm³/mol. The lowest BCUT2D eigenvalue weighted by Crippen LogP contribution is -2.45. The summed E-state index contributed by atoms with van der Waals surface area (Å²) in [5.74, 6) is -0.0175. The highest BCUT2D eigenvalue weighted by Crippen LogP contribution is 2.19. The highest BCUT2D eigenvalue weighted by molar-refractivity contribution is 5.76. The van der Waals surface area contributed by atoms with E-state index in [1.54, 1.807) is 0 Å². The van der Waals surface area contributed by atoms with Crippen molar-refractivity contribution in [2.24, 2.45) is 0 Å². The molecule has 2 unspecified atom stereocenters. The van der Waals surface area contributed by atoms with Crippen LogP contribution in [-0.2, 0) is 14.3 Å². The summed E-state index contributed by atoms with van der Waals surface area (Å²) >= 11 is 0. The van der Waals surface area contributed by atoms with E-state index in [2.05, 4.69) is 31.3 Å². The minimum atomic E-state index is -0.661. The van der Waals surface area contributed by atoms with Crippen LogP contribution in [0.2, 0.25) is 0 Å². The molecule has 0 fully saturated rings. The van der Waals surface area contributed by atoms with Gasteiger partial charge in [-0.3, -0.25) is 9.59 Å². The summed E-state index contributed by atoms with van der Waals surface area (Å²) in [4.78, 5) is 24.5. The molecule has 0 aromatic heterocycles. The highest BCUT2D eigenvalue weighted by atomic mass is 16.5. The van der Waals surface area contributed by atoms with Gasteiger partial charge in [-0.1, -0.05) is 341 Å². The molecule has 0 aliphatic rings. The first-order valence-electron chi connectivity index (χ1n) is 34.4. The van der Waals surface area contributed by atoms with E-state index in [0.29, 0.717) is 25.9 Å². The van der Waals surface area contributed by atoms with Crippen molar-refractivity contribution in [1.29, 1.82) is 0 Å². The molecule has 1 amide bonds. The SMILES string of the molecule is CCCCC/C=C\CCCCCCCC(=O)OCCCCCCCCCCCCCCCCCCCCCCCCCCCCCCCC(=O)NC(CO)C(O)CCCCCCCCCCCCCCCCCCC. The molecule has 0 saturated heterocycles. The van der Waals surface area contributed by atoms with Crippen molar-refractivity contribution in [3.8, 4) is 0 Å². The molecule has 0 aliphatic carbocycles. The monoisotopic (exact) mass is 1060 g/mol. The first-order chi connectivity index (χ1) is 37.0. The number of aliphatic hydroxyl groups is 2. The molecule has 6 heteroatoms. The Morgan fingerprint density at radius 2 is 0.627 bits per heavy atom. The smallest absolute Gasteiger partial charge is 0.305 e. The lowest BCUT2D eigenvalue weighted by molar-refractivity contribution is -0.143. The zero-order chi connectivity index (χ0) is 54.3. The molecule has 0 aromatic carbocycles. The Bertz CT molecular complexity index is 1130. The first-order valence-corrected chi connectivity index (χ1v) is 34.4. The van der Waals surface area contributed by atoms with Gasteiger partial charge in [-0.2, -0.15) is 0 Å². The second kappa shape index (κ2) is 65.1. The maximum Gasteiger partial charge on any atom is 0.305 e. The van der Waals surface area contributed by atoms with Crippen LogP contribution in [0.1, 0.15) is 393 Å². The van der Waals surface area contributed by atoms with Gasteiger partial charge in [0.25, 0.3) is 0 Å². The number of carbonyl (C=O) groups excluding carboxylic acids is 2. The molecule has 0 spiro atoms. The molecule has 0 heterocycles. The Hall–Kier alpha value is -1.40. The average molecular weight is 1060 g/mol. The summed E-state index contributed by atoms with van der Waals surface area (Å²) in [6.07, 6.45) is 79.7. The molecule has 0 saturated carbocycles. The van der Waals surface area contributed by atoms with Crippen molar-refractivity contribution in [2.75, 3.05) is 13.2 Å². The van der Waals surface area contributed by atoms with Crippen LogP contribution in [0.5, 0.6) is 0 Å². The van der Waals surface area contributed by atoms with Gasteiger partial charge in [0.1, 0.15) is 0 Å². The summed E-state index contributed by atoms with van der Waals surface area (Å²) in [5, 5.41) is 23.4. The third-order valence-electron chi connectivity index (χ3n) is 16.3. The van der Waals surface area contributed by atoms with Gasteiger partial charge in [0.2, 0.25) is 5.91 Å². The fourth-order valence-corrected chi connectivity index (χ4v) is 11.1. The highest BCUT2D eigenvalue weighted by Gasteiger charge is 2.20. The summed E-state index contributed by atoms with van der Waals surface area (Å²) in [5.41, 5.74) is 0. The van der Waals surface area contributed by atoms with Gasteiger partial charge in [-0.15, -0.1) is 0 Å². The summed E-state index contributed by atoms with van der Waals surface area (Å²) in [6.45, 7) is 4.97. The molecule has 75 heavy (non-hydrogen) atoms.